The summed E-state index contributed by atoms with van der Waals surface area (Å²) in [5, 5.41) is 2.64. The van der Waals surface area contributed by atoms with E-state index in [1.165, 1.54) is 6.07 Å². The fraction of sp³-hybridized carbons (Fsp3) is 0.353. The van der Waals surface area contributed by atoms with Crippen LogP contribution in [0.15, 0.2) is 35.3 Å². The molecule has 1 amide bonds. The zero-order chi connectivity index (χ0) is 17.5. The fourth-order valence-corrected chi connectivity index (χ4v) is 2.19. The third kappa shape index (κ3) is 4.66. The molecule has 0 saturated carbocycles. The van der Waals surface area contributed by atoms with Crippen LogP contribution in [0.1, 0.15) is 11.4 Å². The van der Waals surface area contributed by atoms with Gasteiger partial charge in [-0.05, 0) is 26.0 Å². The molecule has 0 saturated heterocycles. The molecule has 0 fully saturated rings. The van der Waals surface area contributed by atoms with Crippen molar-refractivity contribution in [2.24, 2.45) is 0 Å². The lowest BCUT2D eigenvalue weighted by Crippen LogP contribution is -2.24. The Labute approximate surface area is 140 Å². The predicted molar refractivity (Wildman–Crippen MR) is 90.4 cm³/mol. The lowest BCUT2D eigenvalue weighted by molar-refractivity contribution is -0.118. The van der Waals surface area contributed by atoms with Crippen molar-refractivity contribution in [2.45, 2.75) is 20.4 Å². The van der Waals surface area contributed by atoms with Gasteiger partial charge in [-0.2, -0.15) is 0 Å². The lowest BCUT2D eigenvalue weighted by Gasteiger charge is -2.14. The first-order valence-corrected chi connectivity index (χ1v) is 7.56. The van der Waals surface area contributed by atoms with Crippen LogP contribution in [-0.4, -0.2) is 35.8 Å². The smallest absolute Gasteiger partial charge is 0.263 e. The Morgan fingerprint density at radius 3 is 2.79 bits per heavy atom. The Kier molecular flexibility index (Phi) is 6.08. The molecule has 2 heterocycles. The highest BCUT2D eigenvalue weighted by Gasteiger charge is 2.11. The van der Waals surface area contributed by atoms with Crippen molar-refractivity contribution in [3.8, 4) is 5.75 Å². The largest absolute Gasteiger partial charge is 0.478 e. The third-order valence-electron chi connectivity index (χ3n) is 3.43. The average molecular weight is 331 g/mol. The Bertz CT molecular complexity index is 771. The van der Waals surface area contributed by atoms with Crippen LogP contribution in [0.25, 0.3) is 0 Å². The number of carbonyl (C=O) groups is 1. The minimum absolute atomic E-state index is 0.168. The molecule has 0 aliphatic rings. The molecule has 7 heteroatoms. The minimum Gasteiger partial charge on any atom is -0.478 e. The van der Waals surface area contributed by atoms with E-state index in [-0.39, 0.29) is 23.7 Å². The maximum absolute atomic E-state index is 12.0. The van der Waals surface area contributed by atoms with Gasteiger partial charge in [0, 0.05) is 31.6 Å². The summed E-state index contributed by atoms with van der Waals surface area (Å²) in [6, 6.07) is 6.74. The molecule has 1 N–H and O–H groups in total. The Morgan fingerprint density at radius 2 is 2.08 bits per heavy atom. The molecule has 0 aliphatic carbocycles. The van der Waals surface area contributed by atoms with Crippen LogP contribution in [0.4, 0.5) is 5.82 Å². The van der Waals surface area contributed by atoms with Gasteiger partial charge in [0.1, 0.15) is 5.82 Å². The second-order valence-corrected chi connectivity index (χ2v) is 5.28. The molecule has 0 atom stereocenters. The normalized spacial score (nSPS) is 10.5. The number of rotatable bonds is 7. The van der Waals surface area contributed by atoms with Gasteiger partial charge in [-0.3, -0.25) is 9.59 Å². The van der Waals surface area contributed by atoms with Crippen molar-refractivity contribution in [1.29, 1.82) is 0 Å². The van der Waals surface area contributed by atoms with Crippen molar-refractivity contribution in [3.63, 3.8) is 0 Å². The fourth-order valence-electron chi connectivity index (χ4n) is 2.19. The van der Waals surface area contributed by atoms with Crippen LogP contribution in [0.5, 0.6) is 5.75 Å². The number of carbonyl (C=O) groups excluding carboxylic acids is 1. The first-order valence-electron chi connectivity index (χ1n) is 7.56. The van der Waals surface area contributed by atoms with Crippen LogP contribution in [0.3, 0.4) is 0 Å². The van der Waals surface area contributed by atoms with Gasteiger partial charge >= 0.3 is 0 Å². The lowest BCUT2D eigenvalue weighted by atomic mass is 10.3. The molecular weight excluding hydrogens is 310 g/mol. The maximum atomic E-state index is 12.0. The summed E-state index contributed by atoms with van der Waals surface area (Å²) in [6.45, 7) is 4.45. The van der Waals surface area contributed by atoms with Gasteiger partial charge in [0.15, 0.2) is 12.4 Å². The number of aromatic nitrogens is 2. The number of methoxy groups -OCH3 is 1. The van der Waals surface area contributed by atoms with E-state index in [4.69, 9.17) is 9.47 Å². The number of ether oxygens (including phenoxy) is 2. The number of anilines is 1. The first kappa shape index (κ1) is 17.7. The molecule has 0 spiro atoms. The molecule has 24 heavy (non-hydrogen) atoms. The average Bonchev–Trinajstić information content (AvgIpc) is 2.54. The van der Waals surface area contributed by atoms with Gasteiger partial charge in [-0.25, -0.2) is 4.98 Å². The van der Waals surface area contributed by atoms with Crippen molar-refractivity contribution >= 4 is 11.7 Å². The molecule has 7 nitrogen and oxygen atoms in total. The summed E-state index contributed by atoms with van der Waals surface area (Å²) in [4.78, 5) is 28.1. The standard InChI is InChI=1S/C17H21N3O4/c1-12-5-4-6-15(18-12)19-16(22)11-24-17-13(2)20(9-10-23-3)8-7-14(17)21/h4-8H,9-11H2,1-3H3,(H,18,19,22). The van der Waals surface area contributed by atoms with Crippen LogP contribution in [-0.2, 0) is 16.1 Å². The number of hydrogen-bond acceptors (Lipinski definition) is 5. The number of amides is 1. The van der Waals surface area contributed by atoms with E-state index in [1.807, 2.05) is 17.6 Å². The monoisotopic (exact) mass is 331 g/mol. The zero-order valence-electron chi connectivity index (χ0n) is 14.0. The van der Waals surface area contributed by atoms with Gasteiger partial charge in [-0.15, -0.1) is 0 Å². The van der Waals surface area contributed by atoms with E-state index in [1.54, 1.807) is 32.4 Å². The number of pyridine rings is 2. The van der Waals surface area contributed by atoms with E-state index < -0.39 is 0 Å². The van der Waals surface area contributed by atoms with Crippen molar-refractivity contribution in [2.75, 3.05) is 25.6 Å². The van der Waals surface area contributed by atoms with E-state index >= 15 is 0 Å². The molecule has 0 bridgehead atoms. The van der Waals surface area contributed by atoms with E-state index in [9.17, 15) is 9.59 Å². The van der Waals surface area contributed by atoms with Crippen molar-refractivity contribution < 1.29 is 14.3 Å². The van der Waals surface area contributed by atoms with Crippen LogP contribution < -0.4 is 15.5 Å². The molecule has 2 rings (SSSR count). The van der Waals surface area contributed by atoms with E-state index in [0.29, 0.717) is 24.7 Å². The first-order chi connectivity index (χ1) is 11.5. The molecule has 0 unspecified atom stereocenters. The Balaban J connectivity index is 2.03. The summed E-state index contributed by atoms with van der Waals surface area (Å²) in [5.74, 6) is 0.242. The number of nitrogens with zero attached hydrogens (tertiary/aromatic N) is 2. The summed E-state index contributed by atoms with van der Waals surface area (Å²) >= 11 is 0. The van der Waals surface area contributed by atoms with Gasteiger partial charge in [0.2, 0.25) is 5.43 Å². The Morgan fingerprint density at radius 1 is 1.29 bits per heavy atom. The number of nitrogens with one attached hydrogen (secondary N) is 1. The molecule has 2 aromatic rings. The molecular formula is C17H21N3O4. The number of hydrogen-bond donors (Lipinski definition) is 1. The highest BCUT2D eigenvalue weighted by molar-refractivity contribution is 5.90. The zero-order valence-corrected chi connectivity index (χ0v) is 14.0. The van der Waals surface area contributed by atoms with Gasteiger partial charge in [0.05, 0.1) is 12.3 Å². The minimum atomic E-state index is -0.376. The highest BCUT2D eigenvalue weighted by atomic mass is 16.5. The van der Waals surface area contributed by atoms with E-state index in [0.717, 1.165) is 5.69 Å². The predicted octanol–water partition coefficient (Wildman–Crippen LogP) is 1.52. The summed E-state index contributed by atoms with van der Waals surface area (Å²) in [6.07, 6.45) is 1.68. The third-order valence-corrected chi connectivity index (χ3v) is 3.43. The van der Waals surface area contributed by atoms with E-state index in [2.05, 4.69) is 10.3 Å². The van der Waals surface area contributed by atoms with Crippen LogP contribution >= 0.6 is 0 Å². The molecule has 2 aromatic heterocycles. The second-order valence-electron chi connectivity index (χ2n) is 5.28. The molecule has 0 radical (unpaired) electrons. The van der Waals surface area contributed by atoms with Crippen molar-refractivity contribution in [3.05, 3.63) is 52.1 Å². The molecule has 128 valence electrons. The highest BCUT2D eigenvalue weighted by Crippen LogP contribution is 2.12. The summed E-state index contributed by atoms with van der Waals surface area (Å²) in [5.41, 5.74) is 1.19. The Hall–Kier alpha value is -2.67. The maximum Gasteiger partial charge on any atom is 0.263 e. The summed E-state index contributed by atoms with van der Waals surface area (Å²) < 4.78 is 12.3. The van der Waals surface area contributed by atoms with Crippen LogP contribution in [0.2, 0.25) is 0 Å². The summed E-state index contributed by atoms with van der Waals surface area (Å²) in [7, 11) is 1.61. The second kappa shape index (κ2) is 8.26. The SMILES string of the molecule is COCCn1ccc(=O)c(OCC(=O)Nc2cccc(C)n2)c1C. The molecule has 0 aromatic carbocycles. The number of aryl methyl sites for hydroxylation is 1. The van der Waals surface area contributed by atoms with Gasteiger partial charge < -0.3 is 19.4 Å². The van der Waals surface area contributed by atoms with Crippen molar-refractivity contribution in [1.82, 2.24) is 9.55 Å². The quantitative estimate of drug-likeness (QED) is 0.832. The molecule has 0 aliphatic heterocycles. The van der Waals surface area contributed by atoms with Gasteiger partial charge in [-0.1, -0.05) is 6.07 Å². The topological polar surface area (TPSA) is 82.5 Å². The van der Waals surface area contributed by atoms with Crippen LogP contribution in [0, 0.1) is 13.8 Å². The van der Waals surface area contributed by atoms with Gasteiger partial charge in [0.25, 0.3) is 5.91 Å².